The third-order valence-electron chi connectivity index (χ3n) is 1.79. The van der Waals surface area contributed by atoms with Crippen molar-refractivity contribution in [1.82, 2.24) is 0 Å². The summed E-state index contributed by atoms with van der Waals surface area (Å²) < 4.78 is 12.7. The van der Waals surface area contributed by atoms with Crippen molar-refractivity contribution in [2.75, 3.05) is 12.3 Å². The van der Waals surface area contributed by atoms with Crippen molar-refractivity contribution in [3.63, 3.8) is 0 Å². The Kier molecular flexibility index (Phi) is 4.62. The van der Waals surface area contributed by atoms with Crippen LogP contribution in [0.2, 0.25) is 0 Å². The number of hydrogen-bond donors (Lipinski definition) is 4. The van der Waals surface area contributed by atoms with Crippen LogP contribution in [-0.2, 0) is 0 Å². The lowest BCUT2D eigenvalue weighted by molar-refractivity contribution is 0.265. The number of phenolic OH excluding ortho intramolecular Hbond substituents is 1. The van der Waals surface area contributed by atoms with Crippen LogP contribution in [0.4, 0.5) is 10.1 Å². The molecule has 0 aromatic heterocycles. The van der Waals surface area contributed by atoms with Crippen LogP contribution in [0, 0.1) is 5.82 Å². The van der Waals surface area contributed by atoms with Gasteiger partial charge < -0.3 is 21.7 Å². The zero-order valence-electron chi connectivity index (χ0n) is 7.27. The van der Waals surface area contributed by atoms with Gasteiger partial charge in [-0.15, -0.1) is 12.4 Å². The van der Waals surface area contributed by atoms with E-state index in [0.29, 0.717) is 0 Å². The van der Waals surface area contributed by atoms with Crippen molar-refractivity contribution in [2.24, 2.45) is 5.73 Å². The molecule has 0 saturated carbocycles. The van der Waals surface area contributed by atoms with E-state index in [1.165, 1.54) is 6.07 Å². The van der Waals surface area contributed by atoms with Gasteiger partial charge in [0.1, 0.15) is 17.3 Å². The molecule has 0 aliphatic carbocycles. The Labute approximate surface area is 86.7 Å². The minimum atomic E-state index is -0.747. The SMILES string of the molecule is Cl.Nc1c(F)ccc([C@@H](N)CO)c1O. The summed E-state index contributed by atoms with van der Waals surface area (Å²) in [5.41, 5.74) is 10.5. The van der Waals surface area contributed by atoms with E-state index in [4.69, 9.17) is 16.6 Å². The summed E-state index contributed by atoms with van der Waals surface area (Å²) in [5, 5.41) is 18.0. The van der Waals surface area contributed by atoms with Crippen LogP contribution in [0.1, 0.15) is 11.6 Å². The van der Waals surface area contributed by atoms with E-state index in [9.17, 15) is 9.50 Å². The molecule has 0 amide bonds. The summed E-state index contributed by atoms with van der Waals surface area (Å²) in [6.07, 6.45) is 0. The zero-order valence-corrected chi connectivity index (χ0v) is 8.09. The molecule has 6 heteroatoms. The number of nitrogens with two attached hydrogens (primary N) is 2. The Bertz CT molecular complexity index is 322. The van der Waals surface area contributed by atoms with Gasteiger partial charge in [-0.05, 0) is 6.07 Å². The van der Waals surface area contributed by atoms with E-state index >= 15 is 0 Å². The van der Waals surface area contributed by atoms with Gasteiger partial charge in [0.25, 0.3) is 0 Å². The first-order valence-electron chi connectivity index (χ1n) is 3.71. The highest BCUT2D eigenvalue weighted by molar-refractivity contribution is 5.85. The van der Waals surface area contributed by atoms with Gasteiger partial charge in [0, 0.05) is 5.56 Å². The highest BCUT2D eigenvalue weighted by Crippen LogP contribution is 2.30. The van der Waals surface area contributed by atoms with E-state index in [1.54, 1.807) is 0 Å². The van der Waals surface area contributed by atoms with Crippen LogP contribution in [0.15, 0.2) is 12.1 Å². The Morgan fingerprint density at radius 1 is 1.43 bits per heavy atom. The largest absolute Gasteiger partial charge is 0.505 e. The third-order valence-corrected chi connectivity index (χ3v) is 1.79. The van der Waals surface area contributed by atoms with Crippen LogP contribution < -0.4 is 11.5 Å². The predicted molar refractivity (Wildman–Crippen MR) is 53.7 cm³/mol. The standard InChI is InChI=1S/C8H11FN2O2.ClH/c9-5-2-1-4(6(10)3-12)8(13)7(5)11;/h1-2,6,12-13H,3,10-11H2;1H/t6-;/m0./s1. The second kappa shape index (κ2) is 4.99. The predicted octanol–water partition coefficient (Wildman–Crippen LogP) is 0.527. The highest BCUT2D eigenvalue weighted by atomic mass is 35.5. The van der Waals surface area contributed by atoms with E-state index in [2.05, 4.69) is 0 Å². The minimum Gasteiger partial charge on any atom is -0.505 e. The smallest absolute Gasteiger partial charge is 0.149 e. The zero-order chi connectivity index (χ0) is 10.0. The Balaban J connectivity index is 0.00000169. The van der Waals surface area contributed by atoms with Gasteiger partial charge in [0.05, 0.1) is 12.6 Å². The lowest BCUT2D eigenvalue weighted by Gasteiger charge is -2.12. The van der Waals surface area contributed by atoms with Crippen molar-refractivity contribution >= 4 is 18.1 Å². The van der Waals surface area contributed by atoms with Crippen molar-refractivity contribution in [3.05, 3.63) is 23.5 Å². The second-order valence-electron chi connectivity index (χ2n) is 2.69. The van der Waals surface area contributed by atoms with Crippen molar-refractivity contribution in [2.45, 2.75) is 6.04 Å². The molecule has 0 radical (unpaired) electrons. The number of anilines is 1. The summed E-state index contributed by atoms with van der Waals surface area (Å²) in [5.74, 6) is -1.10. The maximum absolute atomic E-state index is 12.7. The molecule has 6 N–H and O–H groups in total. The fraction of sp³-hybridized carbons (Fsp3) is 0.250. The van der Waals surface area contributed by atoms with Crippen LogP contribution in [0.3, 0.4) is 0 Å². The van der Waals surface area contributed by atoms with Gasteiger partial charge in [-0.3, -0.25) is 0 Å². The average molecular weight is 223 g/mol. The lowest BCUT2D eigenvalue weighted by atomic mass is 10.1. The fourth-order valence-corrected chi connectivity index (χ4v) is 0.998. The van der Waals surface area contributed by atoms with Crippen LogP contribution in [0.25, 0.3) is 0 Å². The number of halogens is 2. The summed E-state index contributed by atoms with van der Waals surface area (Å²) in [6, 6.07) is 1.64. The number of rotatable bonds is 2. The van der Waals surface area contributed by atoms with Crippen LogP contribution >= 0.6 is 12.4 Å². The fourth-order valence-electron chi connectivity index (χ4n) is 0.998. The van der Waals surface area contributed by atoms with Gasteiger partial charge in [-0.2, -0.15) is 0 Å². The summed E-state index contributed by atoms with van der Waals surface area (Å²) in [4.78, 5) is 0. The summed E-state index contributed by atoms with van der Waals surface area (Å²) >= 11 is 0. The molecule has 1 rings (SSSR count). The molecule has 1 aromatic rings. The van der Waals surface area contributed by atoms with Gasteiger partial charge in [-0.1, -0.05) is 6.07 Å². The lowest BCUT2D eigenvalue weighted by Crippen LogP contribution is -2.15. The topological polar surface area (TPSA) is 92.5 Å². The van der Waals surface area contributed by atoms with Gasteiger partial charge in [0.15, 0.2) is 0 Å². The van der Waals surface area contributed by atoms with Crippen LogP contribution in [-0.4, -0.2) is 16.8 Å². The first-order chi connectivity index (χ1) is 6.07. The normalized spacial score (nSPS) is 11.9. The van der Waals surface area contributed by atoms with Crippen molar-refractivity contribution < 1.29 is 14.6 Å². The third kappa shape index (κ3) is 2.25. The van der Waals surface area contributed by atoms with Gasteiger partial charge in [-0.25, -0.2) is 4.39 Å². The van der Waals surface area contributed by atoms with Gasteiger partial charge >= 0.3 is 0 Å². The van der Waals surface area contributed by atoms with E-state index in [0.717, 1.165) is 6.07 Å². The molecule has 0 aliphatic rings. The monoisotopic (exact) mass is 222 g/mol. The first kappa shape index (κ1) is 13.0. The Morgan fingerprint density at radius 3 is 2.50 bits per heavy atom. The maximum Gasteiger partial charge on any atom is 0.149 e. The number of aliphatic hydroxyl groups excluding tert-OH is 1. The Hall–Kier alpha value is -1.04. The number of nitrogen functional groups attached to an aromatic ring is 1. The maximum atomic E-state index is 12.7. The van der Waals surface area contributed by atoms with Gasteiger partial charge in [0.2, 0.25) is 0 Å². The van der Waals surface area contributed by atoms with Crippen molar-refractivity contribution in [3.8, 4) is 5.75 Å². The first-order valence-corrected chi connectivity index (χ1v) is 3.71. The molecule has 0 unspecified atom stereocenters. The molecule has 1 atom stereocenters. The molecular weight excluding hydrogens is 211 g/mol. The molecule has 0 aliphatic heterocycles. The number of hydrogen-bond acceptors (Lipinski definition) is 4. The number of aromatic hydroxyl groups is 1. The summed E-state index contributed by atoms with van der Waals surface area (Å²) in [6.45, 7) is -0.335. The minimum absolute atomic E-state index is 0. The molecule has 4 nitrogen and oxygen atoms in total. The molecule has 80 valence electrons. The molecule has 0 bridgehead atoms. The number of aliphatic hydroxyl groups is 1. The van der Waals surface area contributed by atoms with E-state index in [1.807, 2.05) is 0 Å². The Morgan fingerprint density at radius 2 is 2.00 bits per heavy atom. The molecule has 0 fully saturated rings. The molecule has 1 aromatic carbocycles. The highest BCUT2D eigenvalue weighted by Gasteiger charge is 2.14. The average Bonchev–Trinajstić information content (AvgIpc) is 2.13. The second-order valence-corrected chi connectivity index (χ2v) is 2.69. The van der Waals surface area contributed by atoms with E-state index in [-0.39, 0.29) is 30.3 Å². The molecule has 14 heavy (non-hydrogen) atoms. The van der Waals surface area contributed by atoms with Crippen LogP contribution in [0.5, 0.6) is 5.75 Å². The van der Waals surface area contributed by atoms with Crippen molar-refractivity contribution in [1.29, 1.82) is 0 Å². The summed E-state index contributed by atoms with van der Waals surface area (Å²) in [7, 11) is 0. The quantitative estimate of drug-likeness (QED) is 0.434. The molecule has 0 saturated heterocycles. The molecular formula is C8H12ClFN2O2. The molecule has 0 heterocycles. The number of phenols is 1. The van der Waals surface area contributed by atoms with E-state index < -0.39 is 17.6 Å². The molecule has 0 spiro atoms. The number of benzene rings is 1.